The van der Waals surface area contributed by atoms with Gasteiger partial charge in [0.15, 0.2) is 6.10 Å². The molecular weight excluding hydrogens is 386 g/mol. The van der Waals surface area contributed by atoms with Gasteiger partial charge in [-0.2, -0.15) is 0 Å². The van der Waals surface area contributed by atoms with Crippen LogP contribution in [0.25, 0.3) is 0 Å². The maximum atomic E-state index is 11.7. The molecule has 2 aromatic carbocycles. The summed E-state index contributed by atoms with van der Waals surface area (Å²) >= 11 is 0. The molecule has 7 nitrogen and oxygen atoms in total. The molecule has 0 radical (unpaired) electrons. The lowest BCUT2D eigenvalue weighted by Gasteiger charge is -2.34. The van der Waals surface area contributed by atoms with E-state index in [0.29, 0.717) is 19.7 Å². The van der Waals surface area contributed by atoms with E-state index in [9.17, 15) is 9.59 Å². The van der Waals surface area contributed by atoms with E-state index < -0.39 is 36.5 Å². The van der Waals surface area contributed by atoms with Gasteiger partial charge in [-0.1, -0.05) is 48.5 Å². The molecule has 0 N–H and O–H groups in total. The minimum Gasteiger partial charge on any atom is -0.453 e. The first-order valence-corrected chi connectivity index (χ1v) is 9.99. The smallest absolute Gasteiger partial charge is 0.305 e. The van der Waals surface area contributed by atoms with Crippen LogP contribution in [0.1, 0.15) is 25.0 Å². The van der Waals surface area contributed by atoms with E-state index in [1.807, 2.05) is 36.4 Å². The lowest BCUT2D eigenvalue weighted by Crippen LogP contribution is -2.45. The third kappa shape index (κ3) is 4.47. The lowest BCUT2D eigenvalue weighted by molar-refractivity contribution is -0.195. The molecule has 2 aliphatic heterocycles. The van der Waals surface area contributed by atoms with Gasteiger partial charge in [0, 0.05) is 38.2 Å². The zero-order valence-corrected chi connectivity index (χ0v) is 17.0. The Morgan fingerprint density at radius 2 is 1.70 bits per heavy atom. The Morgan fingerprint density at radius 3 is 2.43 bits per heavy atom. The topological polar surface area (TPSA) is 74.3 Å². The van der Waals surface area contributed by atoms with Crippen molar-refractivity contribution >= 4 is 17.6 Å². The summed E-state index contributed by atoms with van der Waals surface area (Å²) in [4.78, 5) is 25.5. The molecule has 0 saturated carbocycles. The van der Waals surface area contributed by atoms with E-state index in [0.717, 1.165) is 16.8 Å². The molecule has 0 spiro atoms. The van der Waals surface area contributed by atoms with Gasteiger partial charge < -0.3 is 23.8 Å². The molecule has 158 valence electrons. The normalized spacial score (nSPS) is 25.5. The van der Waals surface area contributed by atoms with E-state index in [1.165, 1.54) is 13.8 Å². The number of para-hydroxylation sites is 1. The van der Waals surface area contributed by atoms with Crippen molar-refractivity contribution in [3.8, 4) is 0 Å². The van der Waals surface area contributed by atoms with Crippen molar-refractivity contribution in [2.45, 2.75) is 51.6 Å². The van der Waals surface area contributed by atoms with E-state index in [1.54, 1.807) is 0 Å². The summed E-state index contributed by atoms with van der Waals surface area (Å²) in [5.41, 5.74) is 3.25. The SMILES string of the molecule is CC(=O)OC1O[C@@H]2CN(Cc3ccccc3)c3ccccc3CO[C@@H]2[C@H]1OC(C)=O. The number of carbonyl (C=O) groups is 2. The molecular formula is C23H25NO6. The molecule has 0 bridgehead atoms. The van der Waals surface area contributed by atoms with E-state index >= 15 is 0 Å². The number of esters is 2. The second-order valence-corrected chi connectivity index (χ2v) is 7.50. The van der Waals surface area contributed by atoms with Crippen LogP contribution in [-0.2, 0) is 41.7 Å². The summed E-state index contributed by atoms with van der Waals surface area (Å²) in [6, 6.07) is 18.2. The van der Waals surface area contributed by atoms with Crippen molar-refractivity contribution in [2.75, 3.05) is 11.4 Å². The highest BCUT2D eigenvalue weighted by Gasteiger charge is 2.50. The molecule has 7 heteroatoms. The van der Waals surface area contributed by atoms with Gasteiger partial charge in [0.2, 0.25) is 6.29 Å². The van der Waals surface area contributed by atoms with Gasteiger partial charge in [-0.05, 0) is 11.6 Å². The summed E-state index contributed by atoms with van der Waals surface area (Å²) in [6.07, 6.45) is -2.80. The molecule has 4 atom stereocenters. The number of hydrogen-bond donors (Lipinski definition) is 0. The number of rotatable bonds is 4. The minimum atomic E-state index is -0.999. The van der Waals surface area contributed by atoms with Crippen molar-refractivity contribution in [2.24, 2.45) is 0 Å². The lowest BCUT2D eigenvalue weighted by atomic mass is 10.0. The third-order valence-corrected chi connectivity index (χ3v) is 5.23. The maximum absolute atomic E-state index is 11.7. The van der Waals surface area contributed by atoms with Gasteiger partial charge in [-0.3, -0.25) is 9.59 Å². The molecule has 30 heavy (non-hydrogen) atoms. The fourth-order valence-electron chi connectivity index (χ4n) is 4.01. The molecule has 0 aromatic heterocycles. The van der Waals surface area contributed by atoms with Crippen LogP contribution in [0, 0.1) is 0 Å². The van der Waals surface area contributed by atoms with Gasteiger partial charge in [0.25, 0.3) is 0 Å². The Hall–Kier alpha value is -2.90. The van der Waals surface area contributed by atoms with Gasteiger partial charge in [0.1, 0.15) is 12.2 Å². The number of anilines is 1. The summed E-state index contributed by atoms with van der Waals surface area (Å²) in [7, 11) is 0. The molecule has 0 amide bonds. The van der Waals surface area contributed by atoms with Crippen LogP contribution in [0.4, 0.5) is 5.69 Å². The van der Waals surface area contributed by atoms with Crippen LogP contribution in [-0.4, -0.2) is 43.1 Å². The van der Waals surface area contributed by atoms with E-state index in [2.05, 4.69) is 23.1 Å². The highest BCUT2D eigenvalue weighted by molar-refractivity contribution is 5.67. The van der Waals surface area contributed by atoms with Crippen molar-refractivity contribution in [3.63, 3.8) is 0 Å². The summed E-state index contributed by atoms with van der Waals surface area (Å²) in [5, 5.41) is 0. The number of nitrogens with zero attached hydrogens (tertiary/aromatic N) is 1. The predicted octanol–water partition coefficient (Wildman–Crippen LogP) is 2.81. The van der Waals surface area contributed by atoms with Gasteiger partial charge in [-0.25, -0.2) is 0 Å². The molecule has 2 heterocycles. The second-order valence-electron chi connectivity index (χ2n) is 7.50. The number of carbonyl (C=O) groups excluding carboxylic acids is 2. The monoisotopic (exact) mass is 411 g/mol. The van der Waals surface area contributed by atoms with Crippen molar-refractivity contribution in [3.05, 3.63) is 65.7 Å². The van der Waals surface area contributed by atoms with Crippen LogP contribution in [0.3, 0.4) is 0 Å². The van der Waals surface area contributed by atoms with Crippen molar-refractivity contribution in [1.29, 1.82) is 0 Å². The fraction of sp³-hybridized carbons (Fsp3) is 0.391. The van der Waals surface area contributed by atoms with Crippen LogP contribution in [0.15, 0.2) is 54.6 Å². The Balaban J connectivity index is 1.65. The van der Waals surface area contributed by atoms with Gasteiger partial charge >= 0.3 is 11.9 Å². The maximum Gasteiger partial charge on any atom is 0.305 e. The molecule has 4 rings (SSSR count). The average Bonchev–Trinajstić information content (AvgIpc) is 3.00. The van der Waals surface area contributed by atoms with E-state index in [4.69, 9.17) is 18.9 Å². The molecule has 2 aromatic rings. The largest absolute Gasteiger partial charge is 0.453 e. The molecule has 2 aliphatic rings. The summed E-state index contributed by atoms with van der Waals surface area (Å²) in [5.74, 6) is -0.982. The van der Waals surface area contributed by atoms with Crippen LogP contribution in [0.5, 0.6) is 0 Å². The van der Waals surface area contributed by atoms with Crippen LogP contribution < -0.4 is 4.90 Å². The van der Waals surface area contributed by atoms with Gasteiger partial charge in [-0.15, -0.1) is 0 Å². The highest BCUT2D eigenvalue weighted by atomic mass is 16.7. The van der Waals surface area contributed by atoms with E-state index in [-0.39, 0.29) is 0 Å². The molecule has 1 saturated heterocycles. The predicted molar refractivity (Wildman–Crippen MR) is 108 cm³/mol. The summed E-state index contributed by atoms with van der Waals surface area (Å²) in [6.45, 7) is 4.12. The first-order valence-electron chi connectivity index (χ1n) is 9.99. The highest BCUT2D eigenvalue weighted by Crippen LogP contribution is 2.34. The summed E-state index contributed by atoms with van der Waals surface area (Å²) < 4.78 is 22.9. The standard InChI is InChI=1S/C23H25NO6/c1-15(25)28-22-21-20(30-23(22)29-16(2)26)13-24(12-17-8-4-3-5-9-17)19-11-7-6-10-18(19)14-27-21/h3-11,20-23H,12-14H2,1-2H3/t20-,21+,22-,23?/m1/s1. The average molecular weight is 411 g/mol. The van der Waals surface area contributed by atoms with Crippen LogP contribution in [0.2, 0.25) is 0 Å². The van der Waals surface area contributed by atoms with Crippen LogP contribution >= 0.6 is 0 Å². The zero-order valence-electron chi connectivity index (χ0n) is 17.0. The second kappa shape index (κ2) is 8.85. The minimum absolute atomic E-state index is 0.330. The number of fused-ring (bicyclic) bond motifs is 2. The fourth-order valence-corrected chi connectivity index (χ4v) is 4.01. The van der Waals surface area contributed by atoms with Crippen molar-refractivity contribution < 1.29 is 28.5 Å². The Bertz CT molecular complexity index is 902. The number of hydrogen-bond acceptors (Lipinski definition) is 7. The zero-order chi connectivity index (χ0) is 21.1. The first kappa shape index (κ1) is 20.4. The third-order valence-electron chi connectivity index (χ3n) is 5.23. The Labute approximate surface area is 175 Å². The Morgan fingerprint density at radius 1 is 1.00 bits per heavy atom. The molecule has 1 fully saturated rings. The van der Waals surface area contributed by atoms with Crippen molar-refractivity contribution in [1.82, 2.24) is 0 Å². The molecule has 1 unspecified atom stereocenters. The number of ether oxygens (including phenoxy) is 4. The quantitative estimate of drug-likeness (QED) is 0.716. The number of benzene rings is 2. The first-order chi connectivity index (χ1) is 14.5. The Kier molecular flexibility index (Phi) is 6.01. The molecule has 0 aliphatic carbocycles. The van der Waals surface area contributed by atoms with Gasteiger partial charge in [0.05, 0.1) is 6.61 Å².